The van der Waals surface area contributed by atoms with Gasteiger partial charge >= 0.3 is 7.60 Å². The minimum absolute atomic E-state index is 0.0761. The molecule has 258 valence electrons. The first-order valence-corrected chi connectivity index (χ1v) is 17.8. The highest BCUT2D eigenvalue weighted by Crippen LogP contribution is 2.36. The van der Waals surface area contributed by atoms with Crippen molar-refractivity contribution in [3.8, 4) is 0 Å². The summed E-state index contributed by atoms with van der Waals surface area (Å²) in [5.41, 5.74) is 0. The summed E-state index contributed by atoms with van der Waals surface area (Å²) in [4.78, 5) is 47.2. The molecule has 1 heterocycles. The molecule has 15 heteroatoms. The molecule has 0 aromatic rings. The molecule has 14 nitrogen and oxygen atoms in total. The van der Waals surface area contributed by atoms with Gasteiger partial charge in [0.15, 0.2) is 12.4 Å². The Kier molecular flexibility index (Phi) is 20.2. The normalized spacial score (nSPS) is 23.9. The van der Waals surface area contributed by atoms with E-state index in [9.17, 15) is 34.3 Å². The molecule has 3 amide bonds. The van der Waals surface area contributed by atoms with Gasteiger partial charge in [0, 0.05) is 52.2 Å². The van der Waals surface area contributed by atoms with Crippen LogP contribution in [0.3, 0.4) is 0 Å². The van der Waals surface area contributed by atoms with Crippen LogP contribution >= 0.6 is 7.60 Å². The van der Waals surface area contributed by atoms with Gasteiger partial charge < -0.3 is 49.7 Å². The van der Waals surface area contributed by atoms with Crippen LogP contribution in [0.2, 0.25) is 0 Å². The van der Waals surface area contributed by atoms with Gasteiger partial charge in [0.2, 0.25) is 11.8 Å². The van der Waals surface area contributed by atoms with Crippen molar-refractivity contribution in [2.75, 3.05) is 46.1 Å². The number of ether oxygens (including phenoxy) is 2. The van der Waals surface area contributed by atoms with E-state index in [1.54, 1.807) is 6.92 Å². The van der Waals surface area contributed by atoms with Gasteiger partial charge in [-0.15, -0.1) is 0 Å². The molecule has 0 aromatic carbocycles. The van der Waals surface area contributed by atoms with Crippen LogP contribution in [0.4, 0.5) is 0 Å². The number of hydrogen-bond acceptors (Lipinski definition) is 10. The number of hydrogen-bond donors (Lipinski definition) is 6. The molecule has 44 heavy (non-hydrogen) atoms. The molecule has 0 aliphatic carbocycles. The minimum atomic E-state index is -3.78. The van der Waals surface area contributed by atoms with Crippen LogP contribution in [0.5, 0.6) is 0 Å². The second kappa shape index (κ2) is 22.0. The first-order valence-electron chi connectivity index (χ1n) is 15.8. The van der Waals surface area contributed by atoms with Crippen molar-refractivity contribution >= 4 is 25.3 Å². The lowest BCUT2D eigenvalue weighted by molar-refractivity contribution is -0.254. The average Bonchev–Trinajstić information content (AvgIpc) is 2.97. The smallest absolute Gasteiger partial charge is 0.325 e. The van der Waals surface area contributed by atoms with E-state index in [-0.39, 0.29) is 30.9 Å². The lowest BCUT2D eigenvalue weighted by Gasteiger charge is -2.43. The quantitative estimate of drug-likeness (QED) is 0.0685. The van der Waals surface area contributed by atoms with Crippen LogP contribution in [0, 0.1) is 5.92 Å². The number of aliphatic hydroxyl groups is 3. The minimum Gasteiger partial charge on any atom is -0.394 e. The zero-order valence-corrected chi connectivity index (χ0v) is 27.7. The Hall–Kier alpha value is -1.64. The largest absolute Gasteiger partial charge is 0.394 e. The fourth-order valence-electron chi connectivity index (χ4n) is 4.87. The zero-order valence-electron chi connectivity index (χ0n) is 26.8. The standard InChI is InChI=1S/C29H56N3O11P/c1-5-6-16-32(17-13-15-30-28(38)23(35)20-42-44(4,39)40)25(36)14-11-9-7-8-10-12-18-41-29-26(31-22(3)34)27(37)21(2)24(19-33)43-29/h21,23-24,26-27,29,33,35,37H,5-20H2,1-4H3,(H,30,38)(H,31,34)(H,39,40)/t21-,23?,24?,26?,27?,29+/m0/s1. The number of carbonyl (C=O) groups is 3. The molecule has 1 aliphatic rings. The molecule has 1 fully saturated rings. The molecule has 0 bridgehead atoms. The molecule has 1 rings (SSSR count). The maximum atomic E-state index is 12.8. The molecule has 5 unspecified atom stereocenters. The first-order chi connectivity index (χ1) is 20.8. The van der Waals surface area contributed by atoms with Crippen molar-refractivity contribution in [3.05, 3.63) is 0 Å². The van der Waals surface area contributed by atoms with Crippen LogP contribution < -0.4 is 10.6 Å². The Morgan fingerprint density at radius 1 is 1.05 bits per heavy atom. The molecule has 0 radical (unpaired) electrons. The Morgan fingerprint density at radius 3 is 2.30 bits per heavy atom. The summed E-state index contributed by atoms with van der Waals surface area (Å²) in [5.74, 6) is -1.27. The molecule has 6 N–H and O–H groups in total. The monoisotopic (exact) mass is 653 g/mol. The van der Waals surface area contributed by atoms with E-state index in [1.807, 2.05) is 4.90 Å². The zero-order chi connectivity index (χ0) is 33.1. The highest BCUT2D eigenvalue weighted by atomic mass is 31.2. The predicted octanol–water partition coefficient (Wildman–Crippen LogP) is 1.28. The van der Waals surface area contributed by atoms with Crippen LogP contribution in [0.25, 0.3) is 0 Å². The van der Waals surface area contributed by atoms with Crippen molar-refractivity contribution < 1.29 is 53.2 Å². The van der Waals surface area contributed by atoms with Gasteiger partial charge in [-0.25, -0.2) is 0 Å². The maximum absolute atomic E-state index is 12.8. The average molecular weight is 654 g/mol. The fourth-order valence-corrected chi connectivity index (χ4v) is 5.28. The fraction of sp³-hybridized carbons (Fsp3) is 0.897. The second-order valence-corrected chi connectivity index (χ2v) is 13.4. The van der Waals surface area contributed by atoms with Crippen LogP contribution in [0.1, 0.15) is 85.0 Å². The number of carbonyl (C=O) groups excluding carboxylic acids is 3. The molecule has 0 aromatic heterocycles. The van der Waals surface area contributed by atoms with E-state index in [4.69, 9.17) is 14.4 Å². The van der Waals surface area contributed by atoms with E-state index >= 15 is 0 Å². The Morgan fingerprint density at radius 2 is 1.68 bits per heavy atom. The van der Waals surface area contributed by atoms with E-state index < -0.39 is 50.8 Å². The molecule has 7 atom stereocenters. The summed E-state index contributed by atoms with van der Waals surface area (Å²) in [5, 5.41) is 35.1. The summed E-state index contributed by atoms with van der Waals surface area (Å²) >= 11 is 0. The van der Waals surface area contributed by atoms with Crippen LogP contribution in [-0.2, 0) is 32.9 Å². The van der Waals surface area contributed by atoms with E-state index in [1.165, 1.54) is 6.92 Å². The summed E-state index contributed by atoms with van der Waals surface area (Å²) in [6, 6.07) is -0.706. The summed E-state index contributed by atoms with van der Waals surface area (Å²) in [6.07, 6.45) is 4.27. The second-order valence-electron chi connectivity index (χ2n) is 11.5. The lowest BCUT2D eigenvalue weighted by atomic mass is 9.89. The number of nitrogens with zero attached hydrogens (tertiary/aromatic N) is 1. The Labute approximate surface area is 261 Å². The molecule has 1 saturated heterocycles. The SMILES string of the molecule is CCCCN(CCCNC(=O)C(O)COP(C)(=O)O)C(=O)CCCCCCCCO[C@@H]1OC(CO)[C@H](C)C(O)C1NC(C)=O. The van der Waals surface area contributed by atoms with Gasteiger partial charge in [-0.1, -0.05) is 46.0 Å². The predicted molar refractivity (Wildman–Crippen MR) is 164 cm³/mol. The lowest BCUT2D eigenvalue weighted by Crippen LogP contribution is -2.61. The third-order valence-electron chi connectivity index (χ3n) is 7.53. The van der Waals surface area contributed by atoms with Crippen LogP contribution in [-0.4, -0.2) is 120 Å². The van der Waals surface area contributed by atoms with E-state index in [0.29, 0.717) is 32.5 Å². The summed E-state index contributed by atoms with van der Waals surface area (Å²) in [6.45, 7) is 7.10. The third-order valence-corrected chi connectivity index (χ3v) is 8.15. The Bertz CT molecular complexity index is 891. The van der Waals surface area contributed by atoms with E-state index in [0.717, 1.165) is 58.0 Å². The maximum Gasteiger partial charge on any atom is 0.325 e. The number of unbranched alkanes of at least 4 members (excludes halogenated alkanes) is 6. The molecular formula is C29H56N3O11P. The number of amides is 3. The number of nitrogens with one attached hydrogen (secondary N) is 2. The summed E-state index contributed by atoms with van der Waals surface area (Å²) < 4.78 is 27.3. The van der Waals surface area contributed by atoms with Gasteiger partial charge in [-0.3, -0.25) is 18.9 Å². The van der Waals surface area contributed by atoms with Crippen molar-refractivity contribution in [2.45, 2.75) is 116 Å². The van der Waals surface area contributed by atoms with E-state index in [2.05, 4.69) is 22.1 Å². The molecule has 0 spiro atoms. The molecule has 0 saturated carbocycles. The van der Waals surface area contributed by atoms with Crippen molar-refractivity contribution in [3.63, 3.8) is 0 Å². The van der Waals surface area contributed by atoms with Gasteiger partial charge in [0.05, 0.1) is 25.4 Å². The van der Waals surface area contributed by atoms with Gasteiger partial charge in [-0.2, -0.15) is 0 Å². The number of rotatable bonds is 23. The summed E-state index contributed by atoms with van der Waals surface area (Å²) in [7, 11) is -3.78. The van der Waals surface area contributed by atoms with Gasteiger partial charge in [0.1, 0.15) is 6.04 Å². The molecular weight excluding hydrogens is 597 g/mol. The highest BCUT2D eigenvalue weighted by molar-refractivity contribution is 7.51. The number of aliphatic hydroxyl groups excluding tert-OH is 3. The van der Waals surface area contributed by atoms with Crippen molar-refractivity contribution in [2.24, 2.45) is 5.92 Å². The third kappa shape index (κ3) is 16.6. The highest BCUT2D eigenvalue weighted by Gasteiger charge is 2.43. The van der Waals surface area contributed by atoms with Crippen LogP contribution in [0.15, 0.2) is 0 Å². The first kappa shape index (κ1) is 40.4. The van der Waals surface area contributed by atoms with Crippen molar-refractivity contribution in [1.29, 1.82) is 0 Å². The van der Waals surface area contributed by atoms with Crippen molar-refractivity contribution in [1.82, 2.24) is 15.5 Å². The topological polar surface area (TPSA) is 204 Å². The molecule has 1 aliphatic heterocycles. The van der Waals surface area contributed by atoms with Gasteiger partial charge in [0.25, 0.3) is 5.91 Å². The Balaban J connectivity index is 2.27. The van der Waals surface area contributed by atoms with Gasteiger partial charge in [-0.05, 0) is 25.7 Å².